The summed E-state index contributed by atoms with van der Waals surface area (Å²) in [4.78, 5) is 18.2. The van der Waals surface area contributed by atoms with Crippen molar-refractivity contribution in [3.63, 3.8) is 0 Å². The van der Waals surface area contributed by atoms with Crippen LogP contribution in [0.3, 0.4) is 0 Å². The van der Waals surface area contributed by atoms with Crippen LogP contribution < -0.4 is 5.32 Å². The fourth-order valence-corrected chi connectivity index (χ4v) is 8.27. The number of carbonyl (C=O) groups excluding carboxylic acids is 1. The quantitative estimate of drug-likeness (QED) is 0.722. The van der Waals surface area contributed by atoms with Crippen molar-refractivity contribution in [1.29, 1.82) is 0 Å². The highest BCUT2D eigenvalue weighted by Gasteiger charge is 2.62. The Morgan fingerprint density at radius 2 is 1.81 bits per heavy atom. The van der Waals surface area contributed by atoms with Gasteiger partial charge in [0.1, 0.15) is 0 Å². The molecule has 2 aromatic rings. The number of benzene rings is 1. The second kappa shape index (κ2) is 5.09. The van der Waals surface area contributed by atoms with Crippen LogP contribution in [-0.2, 0) is 4.79 Å². The topological polar surface area (TPSA) is 42.0 Å². The lowest BCUT2D eigenvalue weighted by atomic mass is 9.40. The molecule has 0 saturated heterocycles. The van der Waals surface area contributed by atoms with Gasteiger partial charge in [0, 0.05) is 0 Å². The average molecular weight is 369 g/mol. The highest BCUT2D eigenvalue weighted by Crippen LogP contribution is 2.69. The van der Waals surface area contributed by atoms with Crippen LogP contribution in [0.25, 0.3) is 10.2 Å². The van der Waals surface area contributed by atoms with Crippen molar-refractivity contribution in [3.8, 4) is 0 Å². The van der Waals surface area contributed by atoms with Gasteiger partial charge in [0.15, 0.2) is 5.13 Å². The molecule has 1 N–H and O–H groups in total. The molecule has 1 aromatic heterocycles. The summed E-state index contributed by atoms with van der Waals surface area (Å²) in [6.45, 7) is 9.06. The smallest absolute Gasteiger partial charge is 0.232 e. The molecule has 4 heteroatoms. The van der Waals surface area contributed by atoms with Crippen LogP contribution in [0, 0.1) is 36.0 Å². The van der Waals surface area contributed by atoms with E-state index in [1.165, 1.54) is 35.1 Å². The van der Waals surface area contributed by atoms with Crippen molar-refractivity contribution in [2.75, 3.05) is 5.32 Å². The second-order valence-electron chi connectivity index (χ2n) is 10.3. The predicted octanol–water partition coefficient (Wildman–Crippen LogP) is 5.85. The molecule has 4 saturated carbocycles. The maximum atomic E-state index is 13.4. The number of carbonyl (C=O) groups is 1. The first kappa shape index (κ1) is 16.7. The number of nitrogens with zero attached hydrogens (tertiary/aromatic N) is 1. The van der Waals surface area contributed by atoms with Gasteiger partial charge in [-0.2, -0.15) is 0 Å². The molecule has 6 rings (SSSR count). The minimum absolute atomic E-state index is 0.175. The van der Waals surface area contributed by atoms with Crippen LogP contribution >= 0.6 is 11.3 Å². The van der Waals surface area contributed by atoms with E-state index in [-0.39, 0.29) is 11.3 Å². The molecule has 4 aliphatic carbocycles. The molecule has 1 heterocycles. The van der Waals surface area contributed by atoms with Crippen LogP contribution in [0.1, 0.15) is 63.5 Å². The summed E-state index contributed by atoms with van der Waals surface area (Å²) in [5.41, 5.74) is 4.01. The SMILES string of the molecule is Cc1cc(C)c2sc(NC(=O)C34CC5CC(C)(CC(C)(C5)C3)C4)nc2c1. The van der Waals surface area contributed by atoms with Gasteiger partial charge in [0.25, 0.3) is 0 Å². The van der Waals surface area contributed by atoms with Gasteiger partial charge in [-0.1, -0.05) is 31.3 Å². The molecule has 1 aromatic carbocycles. The van der Waals surface area contributed by atoms with E-state index in [9.17, 15) is 4.79 Å². The number of hydrogen-bond acceptors (Lipinski definition) is 3. The standard InChI is InChI=1S/C22H28N2OS/c1-13-5-14(2)17-16(6-13)23-19(26-17)24-18(25)22-9-15-7-20(3,11-22)10-21(4,8-15)12-22/h5-6,15H,7-12H2,1-4H3,(H,23,24,25). The summed E-state index contributed by atoms with van der Waals surface area (Å²) in [5.74, 6) is 0.958. The van der Waals surface area contributed by atoms with Crippen LogP contribution in [0.5, 0.6) is 0 Å². The Hall–Kier alpha value is -1.42. The summed E-state index contributed by atoms with van der Waals surface area (Å²) in [7, 11) is 0. The molecule has 2 unspecified atom stereocenters. The lowest BCUT2D eigenvalue weighted by molar-refractivity contribution is -0.165. The average Bonchev–Trinajstić information content (AvgIpc) is 2.86. The van der Waals surface area contributed by atoms with Crippen LogP contribution in [-0.4, -0.2) is 10.9 Å². The Morgan fingerprint density at radius 3 is 2.46 bits per heavy atom. The van der Waals surface area contributed by atoms with Gasteiger partial charge in [-0.3, -0.25) is 4.79 Å². The zero-order valence-corrected chi connectivity index (χ0v) is 17.1. The number of amides is 1. The lowest BCUT2D eigenvalue weighted by Crippen LogP contribution is -2.58. The van der Waals surface area contributed by atoms with Gasteiger partial charge in [-0.15, -0.1) is 0 Å². The van der Waals surface area contributed by atoms with E-state index >= 15 is 0 Å². The molecule has 138 valence electrons. The minimum atomic E-state index is -0.175. The number of aryl methyl sites for hydroxylation is 2. The fraction of sp³-hybridized carbons (Fsp3) is 0.636. The van der Waals surface area contributed by atoms with Gasteiger partial charge in [0.2, 0.25) is 5.91 Å². The number of nitrogens with one attached hydrogen (secondary N) is 1. The van der Waals surface area contributed by atoms with Crippen molar-refractivity contribution >= 4 is 32.6 Å². The summed E-state index contributed by atoms with van der Waals surface area (Å²) >= 11 is 1.62. The van der Waals surface area contributed by atoms with Gasteiger partial charge < -0.3 is 5.32 Å². The van der Waals surface area contributed by atoms with E-state index < -0.39 is 0 Å². The molecule has 26 heavy (non-hydrogen) atoms. The number of aromatic nitrogens is 1. The zero-order chi connectivity index (χ0) is 18.3. The van der Waals surface area contributed by atoms with E-state index in [0.717, 1.165) is 35.8 Å². The third-order valence-electron chi connectivity index (χ3n) is 7.15. The molecular formula is C22H28N2OS. The molecule has 4 bridgehead atoms. The Bertz CT molecular complexity index is 912. The third-order valence-corrected chi connectivity index (χ3v) is 8.27. The Kier molecular flexibility index (Phi) is 3.28. The van der Waals surface area contributed by atoms with E-state index in [0.29, 0.717) is 10.8 Å². The molecule has 0 spiro atoms. The summed E-state index contributed by atoms with van der Waals surface area (Å²) < 4.78 is 1.19. The van der Waals surface area contributed by atoms with Gasteiger partial charge in [-0.05, 0) is 86.3 Å². The van der Waals surface area contributed by atoms with Crippen molar-refractivity contribution in [1.82, 2.24) is 4.98 Å². The molecule has 0 aliphatic heterocycles. The minimum Gasteiger partial charge on any atom is -0.301 e. The molecule has 4 aliphatic rings. The zero-order valence-electron chi connectivity index (χ0n) is 16.2. The summed E-state index contributed by atoms with van der Waals surface area (Å²) in [6.07, 6.45) is 7.12. The van der Waals surface area contributed by atoms with E-state index in [1.807, 2.05) is 0 Å². The second-order valence-corrected chi connectivity index (χ2v) is 11.3. The Labute approximate surface area is 159 Å². The van der Waals surface area contributed by atoms with E-state index in [4.69, 9.17) is 4.98 Å². The van der Waals surface area contributed by atoms with Crippen molar-refractivity contribution < 1.29 is 4.79 Å². The van der Waals surface area contributed by atoms with Crippen molar-refractivity contribution in [2.45, 2.75) is 66.2 Å². The highest BCUT2D eigenvalue weighted by molar-refractivity contribution is 7.22. The number of thiazole rings is 1. The Balaban J connectivity index is 1.46. The van der Waals surface area contributed by atoms with Gasteiger partial charge in [0.05, 0.1) is 15.6 Å². The van der Waals surface area contributed by atoms with Gasteiger partial charge >= 0.3 is 0 Å². The van der Waals surface area contributed by atoms with Crippen LogP contribution in [0.15, 0.2) is 12.1 Å². The molecule has 2 atom stereocenters. The lowest BCUT2D eigenvalue weighted by Gasteiger charge is -2.64. The number of rotatable bonds is 2. The molecule has 4 fully saturated rings. The molecular weight excluding hydrogens is 340 g/mol. The predicted molar refractivity (Wildman–Crippen MR) is 108 cm³/mol. The van der Waals surface area contributed by atoms with E-state index in [1.54, 1.807) is 11.3 Å². The van der Waals surface area contributed by atoms with Crippen LogP contribution in [0.4, 0.5) is 5.13 Å². The van der Waals surface area contributed by atoms with Crippen LogP contribution in [0.2, 0.25) is 0 Å². The number of fused-ring (bicyclic) bond motifs is 1. The summed E-state index contributed by atoms with van der Waals surface area (Å²) in [5, 5.41) is 4.01. The molecule has 3 nitrogen and oxygen atoms in total. The van der Waals surface area contributed by atoms with Crippen molar-refractivity contribution in [2.24, 2.45) is 22.2 Å². The Morgan fingerprint density at radius 1 is 1.12 bits per heavy atom. The van der Waals surface area contributed by atoms with Crippen molar-refractivity contribution in [3.05, 3.63) is 23.3 Å². The summed E-state index contributed by atoms with van der Waals surface area (Å²) in [6, 6.07) is 4.30. The fourth-order valence-electron chi connectivity index (χ4n) is 7.36. The maximum Gasteiger partial charge on any atom is 0.232 e. The molecule has 0 radical (unpaired) electrons. The highest BCUT2D eigenvalue weighted by atomic mass is 32.1. The first-order chi connectivity index (χ1) is 12.2. The normalized spacial score (nSPS) is 38.1. The largest absolute Gasteiger partial charge is 0.301 e. The molecule has 1 amide bonds. The number of anilines is 1. The third kappa shape index (κ3) is 2.45. The van der Waals surface area contributed by atoms with Gasteiger partial charge in [-0.25, -0.2) is 4.98 Å². The monoisotopic (exact) mass is 368 g/mol. The first-order valence-corrected chi connectivity index (χ1v) is 10.7. The number of hydrogen-bond donors (Lipinski definition) is 1. The maximum absolute atomic E-state index is 13.4. The first-order valence-electron chi connectivity index (χ1n) is 9.87. The van der Waals surface area contributed by atoms with E-state index in [2.05, 4.69) is 45.1 Å².